The molecule has 0 radical (unpaired) electrons. The van der Waals surface area contributed by atoms with Crippen molar-refractivity contribution in [2.24, 2.45) is 0 Å². The zero-order valence-corrected chi connectivity index (χ0v) is 22.3. The van der Waals surface area contributed by atoms with Crippen LogP contribution < -0.4 is 0 Å². The molecule has 0 N–H and O–H groups in total. The molecule has 0 aliphatic carbocycles. The molecule has 0 atom stereocenters. The van der Waals surface area contributed by atoms with Gasteiger partial charge in [-0.3, -0.25) is 0 Å². The number of benzene rings is 7. The molecule has 0 amide bonds. The molecule has 0 fully saturated rings. The molecule has 42 heavy (non-hydrogen) atoms. The van der Waals surface area contributed by atoms with Gasteiger partial charge in [0.15, 0.2) is 0 Å². The molecule has 0 spiro atoms. The summed E-state index contributed by atoms with van der Waals surface area (Å²) in [6.45, 7) is 0. The van der Waals surface area contributed by atoms with Crippen LogP contribution in [0.2, 0.25) is 0 Å². The van der Waals surface area contributed by atoms with Crippen LogP contribution in [0, 0.1) is 0 Å². The monoisotopic (exact) mass is 541 g/mol. The minimum absolute atomic E-state index is 0.185. The molecule has 0 saturated carbocycles. The second-order valence-corrected chi connectivity index (χ2v) is 10.5. The van der Waals surface area contributed by atoms with Gasteiger partial charge in [-0.2, -0.15) is 0 Å². The van der Waals surface area contributed by atoms with E-state index in [0.717, 1.165) is 71.1 Å². The Balaban J connectivity index is 1.44. The summed E-state index contributed by atoms with van der Waals surface area (Å²) in [5, 5.41) is 6.31. The Bertz CT molecular complexity index is 2670. The molecular formula is C40H24O2. The number of furan rings is 2. The number of para-hydroxylation sites is 2. The van der Waals surface area contributed by atoms with Crippen molar-refractivity contribution in [3.63, 3.8) is 0 Å². The van der Waals surface area contributed by atoms with Gasteiger partial charge in [0, 0.05) is 32.8 Å². The van der Waals surface area contributed by atoms with Crippen molar-refractivity contribution in [3.05, 3.63) is 145 Å². The van der Waals surface area contributed by atoms with Crippen molar-refractivity contribution in [3.8, 4) is 33.6 Å². The lowest BCUT2D eigenvalue weighted by Crippen LogP contribution is -1.91. The Morgan fingerprint density at radius 1 is 0.381 bits per heavy atom. The summed E-state index contributed by atoms with van der Waals surface area (Å²) in [6.07, 6.45) is 0. The highest BCUT2D eigenvalue weighted by atomic mass is 16.3. The molecule has 9 rings (SSSR count). The number of hydrogen-bond donors (Lipinski definition) is 0. The van der Waals surface area contributed by atoms with Crippen LogP contribution in [0.15, 0.2) is 154 Å². The van der Waals surface area contributed by atoms with Gasteiger partial charge < -0.3 is 8.83 Å². The van der Waals surface area contributed by atoms with Gasteiger partial charge in [0.05, 0.1) is 6.85 Å². The average Bonchev–Trinajstić information content (AvgIpc) is 3.68. The first kappa shape index (κ1) is 18.7. The lowest BCUT2D eigenvalue weighted by Gasteiger charge is -2.18. The van der Waals surface area contributed by atoms with Crippen LogP contribution in [0.25, 0.3) is 88.0 Å². The minimum atomic E-state index is -0.411. The van der Waals surface area contributed by atoms with Gasteiger partial charge in [-0.1, -0.05) is 115 Å². The molecule has 2 heterocycles. The molecular weight excluding hydrogens is 512 g/mol. The van der Waals surface area contributed by atoms with Crippen LogP contribution in [0.1, 0.15) is 6.85 Å². The number of hydrogen-bond acceptors (Lipinski definition) is 2. The van der Waals surface area contributed by atoms with Crippen molar-refractivity contribution < 1.29 is 15.7 Å². The van der Waals surface area contributed by atoms with Gasteiger partial charge in [-0.15, -0.1) is 0 Å². The first-order valence-corrected chi connectivity index (χ1v) is 13.9. The van der Waals surface area contributed by atoms with Gasteiger partial charge in [-0.05, 0) is 63.0 Å². The van der Waals surface area contributed by atoms with Crippen LogP contribution in [0.3, 0.4) is 0 Å². The predicted molar refractivity (Wildman–Crippen MR) is 175 cm³/mol. The second kappa shape index (κ2) is 8.95. The van der Waals surface area contributed by atoms with Crippen molar-refractivity contribution >= 4 is 54.5 Å². The summed E-state index contributed by atoms with van der Waals surface area (Å²) in [6, 6.07) is 36.3. The molecule has 0 aliphatic heterocycles. The van der Waals surface area contributed by atoms with E-state index in [1.807, 2.05) is 97.1 Å². The Morgan fingerprint density at radius 2 is 0.905 bits per heavy atom. The molecule has 9 aromatic rings. The maximum absolute atomic E-state index is 8.89. The zero-order valence-electron chi connectivity index (χ0n) is 27.3. The van der Waals surface area contributed by atoms with E-state index in [1.54, 1.807) is 0 Å². The third kappa shape index (κ3) is 3.33. The number of fused-ring (bicyclic) bond motifs is 6. The lowest BCUT2D eigenvalue weighted by molar-refractivity contribution is 0.632. The summed E-state index contributed by atoms with van der Waals surface area (Å²) in [7, 11) is 0. The first-order valence-electron chi connectivity index (χ1n) is 16.4. The first-order chi connectivity index (χ1) is 22.9. The van der Waals surface area contributed by atoms with Crippen LogP contribution in [-0.4, -0.2) is 0 Å². The summed E-state index contributed by atoms with van der Waals surface area (Å²) >= 11 is 0. The van der Waals surface area contributed by atoms with Gasteiger partial charge in [0.2, 0.25) is 0 Å². The fourth-order valence-electron chi connectivity index (χ4n) is 6.41. The van der Waals surface area contributed by atoms with E-state index >= 15 is 0 Å². The molecule has 0 saturated heterocycles. The van der Waals surface area contributed by atoms with Crippen LogP contribution >= 0.6 is 0 Å². The molecule has 0 unspecified atom stereocenters. The highest BCUT2D eigenvalue weighted by Gasteiger charge is 2.24. The summed E-state index contributed by atoms with van der Waals surface area (Å²) in [5.74, 6) is 0.712. The molecule has 7 aromatic carbocycles. The normalized spacial score (nSPS) is 13.5. The van der Waals surface area contributed by atoms with Crippen LogP contribution in [0.5, 0.6) is 0 Å². The Kier molecular flexibility index (Phi) is 3.98. The molecule has 2 heteroatoms. The molecule has 2 nitrogen and oxygen atoms in total. The molecule has 196 valence electrons. The van der Waals surface area contributed by atoms with Gasteiger partial charge >= 0.3 is 0 Å². The van der Waals surface area contributed by atoms with Crippen molar-refractivity contribution in [1.82, 2.24) is 0 Å². The third-order valence-corrected chi connectivity index (χ3v) is 8.17. The molecule has 0 bridgehead atoms. The Hall–Kier alpha value is -5.60. The standard InChI is InChI=1S/C40H24O2/c1-2-12-25(13-3-1)37-28-15-4-6-17-30(28)38(31-18-7-5-16-29(31)37)39-32-19-9-11-21-35(32)42-40(39)26-22-23-36-33(24-26)27-14-8-10-20-34(27)41-36/h1-24H/i1D,2D,3D,12D,13D. The fourth-order valence-corrected chi connectivity index (χ4v) is 6.41. The summed E-state index contributed by atoms with van der Waals surface area (Å²) in [4.78, 5) is 0. The van der Waals surface area contributed by atoms with Crippen molar-refractivity contribution in [2.45, 2.75) is 0 Å². The Labute approximate surface area is 249 Å². The van der Waals surface area contributed by atoms with Crippen molar-refractivity contribution in [1.29, 1.82) is 0 Å². The highest BCUT2D eigenvalue weighted by molar-refractivity contribution is 6.25. The van der Waals surface area contributed by atoms with E-state index in [-0.39, 0.29) is 29.7 Å². The summed E-state index contributed by atoms with van der Waals surface area (Å²) in [5.41, 5.74) is 5.94. The van der Waals surface area contributed by atoms with Crippen LogP contribution in [-0.2, 0) is 0 Å². The predicted octanol–water partition coefficient (Wildman–Crippen LogP) is 11.6. The minimum Gasteiger partial charge on any atom is -0.456 e. The van der Waals surface area contributed by atoms with Gasteiger partial charge in [0.25, 0.3) is 0 Å². The van der Waals surface area contributed by atoms with E-state index < -0.39 is 6.04 Å². The molecule has 2 aromatic heterocycles. The molecule has 0 aliphatic rings. The summed E-state index contributed by atoms with van der Waals surface area (Å²) < 4.78 is 55.7. The topological polar surface area (TPSA) is 26.3 Å². The number of rotatable bonds is 3. The maximum atomic E-state index is 8.89. The smallest absolute Gasteiger partial charge is 0.143 e. The lowest BCUT2D eigenvalue weighted by atomic mass is 9.84. The van der Waals surface area contributed by atoms with E-state index in [9.17, 15) is 0 Å². The van der Waals surface area contributed by atoms with Crippen LogP contribution in [0.4, 0.5) is 0 Å². The van der Waals surface area contributed by atoms with E-state index in [2.05, 4.69) is 18.2 Å². The van der Waals surface area contributed by atoms with E-state index in [1.165, 1.54) is 0 Å². The highest BCUT2D eigenvalue weighted by Crippen LogP contribution is 2.49. The van der Waals surface area contributed by atoms with Gasteiger partial charge in [0.1, 0.15) is 22.5 Å². The third-order valence-electron chi connectivity index (χ3n) is 8.17. The van der Waals surface area contributed by atoms with E-state index in [4.69, 9.17) is 15.7 Å². The average molecular weight is 542 g/mol. The SMILES string of the molecule is [2H]c1c([2H])c([2H])c(-c2c3ccccc3c(-c3c(-c4ccc5oc6ccccc6c5c4)oc4ccccc34)c3ccccc23)c([2H])c1[2H]. The largest absolute Gasteiger partial charge is 0.456 e. The zero-order chi connectivity index (χ0) is 32.0. The Morgan fingerprint density at radius 3 is 1.57 bits per heavy atom. The second-order valence-electron chi connectivity index (χ2n) is 10.5. The van der Waals surface area contributed by atoms with Gasteiger partial charge in [-0.25, -0.2) is 0 Å². The van der Waals surface area contributed by atoms with E-state index in [0.29, 0.717) is 11.3 Å². The fraction of sp³-hybridized carbons (Fsp3) is 0. The quantitative estimate of drug-likeness (QED) is 0.208. The van der Waals surface area contributed by atoms with Crippen molar-refractivity contribution in [2.75, 3.05) is 0 Å². The maximum Gasteiger partial charge on any atom is 0.143 e.